The fraction of sp³-hybridized carbons (Fsp3) is 0.0690. The summed E-state index contributed by atoms with van der Waals surface area (Å²) in [6.45, 7) is 8.38. The number of pyridine rings is 3. The molecule has 0 fully saturated rings. The number of aromatic nitrogens is 3. The van der Waals surface area contributed by atoms with E-state index in [2.05, 4.69) is 173 Å². The first-order valence-electron chi connectivity index (χ1n) is 22.5. The van der Waals surface area contributed by atoms with Crippen molar-refractivity contribution in [2.45, 2.75) is 12.8 Å². The van der Waals surface area contributed by atoms with Crippen LogP contribution in [0.3, 0.4) is 0 Å². The van der Waals surface area contributed by atoms with Crippen LogP contribution in [-0.4, -0.2) is 28.0 Å². The van der Waals surface area contributed by atoms with E-state index in [9.17, 15) is 0 Å². The van der Waals surface area contributed by atoms with Gasteiger partial charge in [0.2, 0.25) is 0 Å². The maximum Gasteiger partial charge on any atom is 0.104 e. The van der Waals surface area contributed by atoms with Gasteiger partial charge in [0.25, 0.3) is 0 Å². The van der Waals surface area contributed by atoms with Gasteiger partial charge >= 0.3 is 0 Å². The molecule has 0 bridgehead atoms. The van der Waals surface area contributed by atoms with Gasteiger partial charge in [0, 0.05) is 93.0 Å². The van der Waals surface area contributed by atoms with Gasteiger partial charge in [-0.05, 0) is 86.9 Å². The monoisotopic (exact) mass is 1270 g/mol. The van der Waals surface area contributed by atoms with Crippen LogP contribution in [0, 0.1) is 50.3 Å². The van der Waals surface area contributed by atoms with Crippen molar-refractivity contribution in [3.8, 4) is 22.9 Å². The first kappa shape index (κ1) is 47.8. The number of anilines is 10. The maximum absolute atomic E-state index is 6.08. The average molecular weight is 1270 g/mol. The summed E-state index contributed by atoms with van der Waals surface area (Å²) < 4.78 is 6.08. The number of unbranched alkanes of at least 4 members (excludes halogenated alkanes) is 1. The van der Waals surface area contributed by atoms with E-state index < -0.39 is 0 Å². The van der Waals surface area contributed by atoms with E-state index in [1.165, 1.54) is 22.7 Å². The predicted molar refractivity (Wildman–Crippen MR) is 270 cm³/mol. The smallest absolute Gasteiger partial charge is 0.104 e. The van der Waals surface area contributed by atoms with Gasteiger partial charge in [-0.15, -0.1) is 65.5 Å². The number of rotatable bonds is 12. The number of fused-ring (bicyclic) bond motifs is 3. The molecule has 3 aliphatic rings. The Morgan fingerprint density at radius 2 is 0.900 bits per heavy atom. The van der Waals surface area contributed by atoms with Crippen molar-refractivity contribution >= 4 is 57.0 Å². The minimum Gasteiger partial charge on any atom is -0.510 e. The van der Waals surface area contributed by atoms with E-state index in [1.807, 2.05) is 85.5 Å². The van der Waals surface area contributed by atoms with Crippen LogP contribution in [0.2, 0.25) is 0 Å². The Bertz CT molecular complexity index is 3000. The first-order valence-corrected chi connectivity index (χ1v) is 22.5. The molecule has 0 aliphatic carbocycles. The minimum absolute atomic E-state index is 0. The largest absolute Gasteiger partial charge is 0.510 e. The summed E-state index contributed by atoms with van der Waals surface area (Å²) in [5.74, 6) is 1.94. The van der Waals surface area contributed by atoms with Gasteiger partial charge in [-0.1, -0.05) is 42.5 Å². The van der Waals surface area contributed by atoms with E-state index in [0.717, 1.165) is 60.2 Å². The van der Waals surface area contributed by atoms with Gasteiger partial charge in [0.05, 0.1) is 0 Å². The zero-order valence-electron chi connectivity index (χ0n) is 37.6. The van der Waals surface area contributed by atoms with Crippen LogP contribution in [0.15, 0.2) is 195 Å². The number of para-hydroxylation sites is 8. The number of hydrogen-bond donors (Lipinski definition) is 0. The molecule has 1 radical (unpaired) electrons. The van der Waals surface area contributed by atoms with Crippen LogP contribution >= 0.6 is 0 Å². The summed E-state index contributed by atoms with van der Waals surface area (Å²) in [5, 5.41) is 0. The predicted octanol–water partition coefficient (Wildman–Crippen LogP) is 13.1. The van der Waals surface area contributed by atoms with Crippen LogP contribution in [0.4, 0.5) is 57.0 Å². The summed E-state index contributed by atoms with van der Waals surface area (Å²) in [7, 11) is 0. The maximum atomic E-state index is 6.08. The summed E-state index contributed by atoms with van der Waals surface area (Å²) in [4.78, 5) is 26.4. The number of ether oxygens (including phenoxy) is 1. The summed E-state index contributed by atoms with van der Waals surface area (Å²) >= 11 is 0. The normalized spacial score (nSPS) is 13.1. The molecule has 3 aliphatic heterocycles. The molecular weight excluding hydrogens is 1230 g/mol. The van der Waals surface area contributed by atoms with Crippen molar-refractivity contribution in [3.05, 3.63) is 245 Å². The van der Waals surface area contributed by atoms with Crippen molar-refractivity contribution in [2.75, 3.05) is 42.5 Å². The van der Waals surface area contributed by atoms with Gasteiger partial charge in [-0.3, -0.25) is 0 Å². The molecule has 0 N–H and O–H groups in total. The molecule has 9 aromatic rings. The zero-order chi connectivity index (χ0) is 45.5. The van der Waals surface area contributed by atoms with Gasteiger partial charge in [-0.2, -0.15) is 92.2 Å². The molecule has 0 unspecified atom stereocenters. The molecule has 3 aromatic heterocycles. The van der Waals surface area contributed by atoms with Crippen molar-refractivity contribution in [2.24, 2.45) is 0 Å². The molecule has 6 heterocycles. The van der Waals surface area contributed by atoms with Crippen LogP contribution in [0.25, 0.3) is 11.4 Å². The summed E-state index contributed by atoms with van der Waals surface area (Å²) in [6, 6.07) is 75.0. The number of hydrogen-bond acceptors (Lipinski definition) is 10. The molecule has 0 amide bonds. The van der Waals surface area contributed by atoms with Crippen LogP contribution in [0.1, 0.15) is 12.8 Å². The number of nitrogens with zero attached hydrogens (tertiary/aromatic N) is 9. The second-order valence-electron chi connectivity index (χ2n) is 16.0. The zero-order valence-corrected chi connectivity index (χ0v) is 42.3. The van der Waals surface area contributed by atoms with E-state index in [-0.39, 0.29) is 41.2 Å². The molecule has 0 atom stereocenters. The van der Waals surface area contributed by atoms with Gasteiger partial charge in [-0.25, -0.2) is 11.1 Å². The molecule has 0 spiro atoms. The summed E-state index contributed by atoms with van der Waals surface area (Å²) in [6.07, 6.45) is 7.35. The van der Waals surface area contributed by atoms with Crippen LogP contribution < -0.4 is 34.1 Å². The molecule has 10 nitrogen and oxygen atoms in total. The Morgan fingerprint density at radius 3 is 1.47 bits per heavy atom. The van der Waals surface area contributed by atoms with Gasteiger partial charge in [0.15, 0.2) is 0 Å². The third kappa shape index (κ3) is 10.3. The first-order chi connectivity index (χ1) is 33.7. The Balaban J connectivity index is 0.000000169. The van der Waals surface area contributed by atoms with E-state index in [4.69, 9.17) is 4.74 Å². The standard InChI is InChI=1S/C30H26N4.C28H17N5O.Ir.Pt/c1-3-13-25(14-4-1)33-23-31(27-17-7-9-19-29(27)33)21-11-12-22-32-24-34(26-15-5-2-6-16-26)30-20-10-8-18-28(30)32;1-2-12-27-26(11-1)32(20-33(27)28-13-4-6-16-31-28)21-8-7-9-22(18-21)34-23-14-17-30-25(19-23)24-10-3-5-15-29-24;;/h1-10,13,15,17-20,23-24H,11-12,21-22H2;1-9,11-17,20H;;/q2*-4;;. The second-order valence-corrected chi connectivity index (χ2v) is 16.0. The van der Waals surface area contributed by atoms with Crippen molar-refractivity contribution in [3.63, 3.8) is 0 Å². The Hall–Kier alpha value is -7.29. The molecule has 12 heteroatoms. The molecule has 6 aromatic carbocycles. The Kier molecular flexibility index (Phi) is 15.3. The molecule has 0 saturated carbocycles. The minimum atomic E-state index is 0. The van der Waals surface area contributed by atoms with E-state index in [0.29, 0.717) is 22.9 Å². The van der Waals surface area contributed by atoms with E-state index in [1.54, 1.807) is 30.7 Å². The molecule has 70 heavy (non-hydrogen) atoms. The number of benzene rings is 6. The fourth-order valence-electron chi connectivity index (χ4n) is 8.46. The Labute approximate surface area is 438 Å². The van der Waals surface area contributed by atoms with Crippen molar-refractivity contribution in [1.82, 2.24) is 15.0 Å². The molecule has 0 saturated heterocycles. The van der Waals surface area contributed by atoms with E-state index >= 15 is 0 Å². The Morgan fingerprint density at radius 1 is 0.400 bits per heavy atom. The van der Waals surface area contributed by atoms with Crippen molar-refractivity contribution < 1.29 is 45.9 Å². The topological polar surface area (TPSA) is 67.3 Å². The van der Waals surface area contributed by atoms with Gasteiger partial charge < -0.3 is 44.1 Å². The molecular formula is C58H43IrN9OPt-8. The third-order valence-corrected chi connectivity index (χ3v) is 11.6. The van der Waals surface area contributed by atoms with Gasteiger partial charge in [0.1, 0.15) is 5.82 Å². The second kappa shape index (κ2) is 22.4. The molecule has 353 valence electrons. The average Bonchev–Trinajstić information content (AvgIpc) is 4.11. The fourth-order valence-corrected chi connectivity index (χ4v) is 8.46. The molecule has 12 rings (SSSR count). The summed E-state index contributed by atoms with van der Waals surface area (Å²) in [5.41, 5.74) is 11.2. The quantitative estimate of drug-likeness (QED) is 0.0873. The third-order valence-electron chi connectivity index (χ3n) is 11.6. The van der Waals surface area contributed by atoms with Crippen molar-refractivity contribution in [1.29, 1.82) is 0 Å². The van der Waals surface area contributed by atoms with Crippen LogP contribution in [-0.2, 0) is 41.2 Å². The SMILES string of the molecule is [Ir].[Pt].[c-]1c(Oc2[c-]c(-c3[c-]cccn3)ncc2)cccc1N1[CH-]N(c2ccccn2)c2ccccc21.[c-]1ccccc1N1[CH-]N(CCCCN2[CH-]N(c3[c-]cccc3)c3ccccc32)c2ccccc21. The van der Waals surface area contributed by atoms with Crippen LogP contribution in [0.5, 0.6) is 11.5 Å².